The molecule has 4 heteroatoms. The molecule has 4 rings (SSSR count). The lowest BCUT2D eigenvalue weighted by atomic mass is 10.2. The number of aromatic nitrogens is 2. The summed E-state index contributed by atoms with van der Waals surface area (Å²) in [6.07, 6.45) is 3.75. The van der Waals surface area contributed by atoms with E-state index in [1.165, 1.54) is 21.8 Å². The fraction of sp³-hybridized carbons (Fsp3) is 0. The van der Waals surface area contributed by atoms with Gasteiger partial charge >= 0.3 is 0 Å². The van der Waals surface area contributed by atoms with Gasteiger partial charge in [-0.3, -0.25) is 4.70 Å². The van der Waals surface area contributed by atoms with Crippen LogP contribution in [0.25, 0.3) is 21.8 Å². The molecule has 4 aromatic rings. The molecule has 0 aliphatic heterocycles. The summed E-state index contributed by atoms with van der Waals surface area (Å²) in [5.41, 5.74) is 2.42. The fourth-order valence-corrected chi connectivity index (χ4v) is 2.08. The van der Waals surface area contributed by atoms with E-state index in [1.54, 1.807) is 0 Å². The van der Waals surface area contributed by atoms with Gasteiger partial charge < -0.3 is 9.97 Å². The average Bonchev–Trinajstić information content (AvgIpc) is 3.10. The first-order chi connectivity index (χ1) is 8.95. The Morgan fingerprint density at radius 1 is 0.600 bits per heavy atom. The SMILES string of the molecule is F.[B].c1cc[nH]c1.c1ccc2c(c1)[nH]c1ccccc12. The first-order valence-corrected chi connectivity index (χ1v) is 5.98. The molecule has 0 saturated heterocycles. The van der Waals surface area contributed by atoms with E-state index in [1.807, 2.05) is 24.5 Å². The highest BCUT2D eigenvalue weighted by Gasteiger charge is 2.00. The van der Waals surface area contributed by atoms with Crippen molar-refractivity contribution >= 4 is 30.2 Å². The molecular weight excluding hydrogens is 250 g/mol. The molecule has 2 aromatic carbocycles. The van der Waals surface area contributed by atoms with Crippen molar-refractivity contribution in [2.75, 3.05) is 0 Å². The van der Waals surface area contributed by atoms with E-state index in [0.717, 1.165) is 0 Å². The lowest BCUT2D eigenvalue weighted by Crippen LogP contribution is -1.62. The smallest absolute Gasteiger partial charge is 0.0464 e. The molecule has 0 unspecified atom stereocenters. The molecule has 99 valence electrons. The zero-order chi connectivity index (χ0) is 12.2. The molecule has 2 aromatic heterocycles. The molecular formula is C16H15BFN2. The van der Waals surface area contributed by atoms with Crippen molar-refractivity contribution in [2.24, 2.45) is 0 Å². The van der Waals surface area contributed by atoms with Gasteiger partial charge in [0, 0.05) is 42.6 Å². The lowest BCUT2D eigenvalue weighted by Gasteiger charge is -1.87. The van der Waals surface area contributed by atoms with Crippen LogP contribution in [0.2, 0.25) is 0 Å². The monoisotopic (exact) mass is 265 g/mol. The molecule has 0 saturated carbocycles. The van der Waals surface area contributed by atoms with Crippen molar-refractivity contribution in [1.82, 2.24) is 9.97 Å². The maximum absolute atomic E-state index is 3.38. The molecule has 0 spiro atoms. The van der Waals surface area contributed by atoms with Gasteiger partial charge in [0.15, 0.2) is 0 Å². The largest absolute Gasteiger partial charge is 0.368 e. The Kier molecular flexibility index (Phi) is 5.60. The summed E-state index contributed by atoms with van der Waals surface area (Å²) in [6.45, 7) is 0. The number of nitrogens with one attached hydrogen (secondary N) is 2. The summed E-state index contributed by atoms with van der Waals surface area (Å²) < 4.78 is 0. The number of fused-ring (bicyclic) bond motifs is 3. The van der Waals surface area contributed by atoms with Crippen molar-refractivity contribution in [3.8, 4) is 0 Å². The van der Waals surface area contributed by atoms with Gasteiger partial charge in [-0.1, -0.05) is 36.4 Å². The van der Waals surface area contributed by atoms with Crippen LogP contribution < -0.4 is 0 Å². The maximum Gasteiger partial charge on any atom is 0.0464 e. The van der Waals surface area contributed by atoms with E-state index in [-0.39, 0.29) is 13.1 Å². The molecule has 0 aliphatic carbocycles. The number of halogens is 1. The van der Waals surface area contributed by atoms with Crippen molar-refractivity contribution < 1.29 is 4.70 Å². The third kappa shape index (κ3) is 3.09. The van der Waals surface area contributed by atoms with Crippen LogP contribution in [-0.2, 0) is 0 Å². The van der Waals surface area contributed by atoms with Crippen molar-refractivity contribution in [2.45, 2.75) is 0 Å². The van der Waals surface area contributed by atoms with E-state index in [9.17, 15) is 0 Å². The molecule has 2 N–H and O–H groups in total. The van der Waals surface area contributed by atoms with E-state index in [4.69, 9.17) is 0 Å². The standard InChI is InChI=1S/C12H9N.C4H5N.B.FH/c1-3-7-11-9(5-1)10-6-2-4-8-12(10)13-11;1-2-4-5-3-1;;/h1-8,13H;1-5H;;1H. The summed E-state index contributed by atoms with van der Waals surface area (Å²) in [5.74, 6) is 0. The third-order valence-corrected chi connectivity index (χ3v) is 2.91. The van der Waals surface area contributed by atoms with Gasteiger partial charge in [0.05, 0.1) is 0 Å². The zero-order valence-electron chi connectivity index (χ0n) is 10.9. The molecule has 0 aliphatic rings. The van der Waals surface area contributed by atoms with Gasteiger partial charge in [-0.2, -0.15) is 0 Å². The summed E-state index contributed by atoms with van der Waals surface area (Å²) >= 11 is 0. The number of para-hydroxylation sites is 2. The minimum absolute atomic E-state index is 0. The van der Waals surface area contributed by atoms with Crippen LogP contribution >= 0.6 is 0 Å². The van der Waals surface area contributed by atoms with Gasteiger partial charge in [0.25, 0.3) is 0 Å². The molecule has 2 nitrogen and oxygen atoms in total. The molecule has 2 heterocycles. The number of H-pyrrole nitrogens is 2. The van der Waals surface area contributed by atoms with Crippen LogP contribution in [0.4, 0.5) is 4.70 Å². The highest BCUT2D eigenvalue weighted by molar-refractivity contribution is 6.06. The van der Waals surface area contributed by atoms with Crippen molar-refractivity contribution in [3.63, 3.8) is 0 Å². The second kappa shape index (κ2) is 7.19. The van der Waals surface area contributed by atoms with Gasteiger partial charge in [0.2, 0.25) is 0 Å². The van der Waals surface area contributed by atoms with Crippen molar-refractivity contribution in [1.29, 1.82) is 0 Å². The minimum atomic E-state index is 0. The first kappa shape index (κ1) is 15.6. The van der Waals surface area contributed by atoms with Gasteiger partial charge in [-0.25, -0.2) is 0 Å². The number of aromatic amines is 2. The van der Waals surface area contributed by atoms with E-state index >= 15 is 0 Å². The molecule has 0 fully saturated rings. The summed E-state index contributed by atoms with van der Waals surface area (Å²) in [4.78, 5) is 6.24. The Labute approximate surface area is 118 Å². The number of rotatable bonds is 0. The molecule has 20 heavy (non-hydrogen) atoms. The molecule has 0 atom stereocenters. The summed E-state index contributed by atoms with van der Waals surface area (Å²) in [6, 6.07) is 20.6. The second-order valence-corrected chi connectivity index (χ2v) is 4.10. The Morgan fingerprint density at radius 3 is 1.45 bits per heavy atom. The van der Waals surface area contributed by atoms with Crippen LogP contribution in [0.15, 0.2) is 73.1 Å². The summed E-state index contributed by atoms with van der Waals surface area (Å²) in [5, 5.41) is 2.61. The number of benzene rings is 2. The Hall–Kier alpha value is -2.49. The average molecular weight is 265 g/mol. The van der Waals surface area contributed by atoms with E-state index in [2.05, 4.69) is 58.5 Å². The number of hydrogen-bond donors (Lipinski definition) is 2. The van der Waals surface area contributed by atoms with Crippen LogP contribution in [0, 0.1) is 0 Å². The van der Waals surface area contributed by atoms with E-state index in [0.29, 0.717) is 0 Å². The van der Waals surface area contributed by atoms with Crippen LogP contribution in [0.5, 0.6) is 0 Å². The normalized spacial score (nSPS) is 9.20. The Morgan fingerprint density at radius 2 is 1.05 bits per heavy atom. The third-order valence-electron chi connectivity index (χ3n) is 2.91. The first-order valence-electron chi connectivity index (χ1n) is 5.98. The van der Waals surface area contributed by atoms with Gasteiger partial charge in [0.1, 0.15) is 0 Å². The topological polar surface area (TPSA) is 31.6 Å². The van der Waals surface area contributed by atoms with Gasteiger partial charge in [-0.15, -0.1) is 0 Å². The predicted molar refractivity (Wildman–Crippen MR) is 84.9 cm³/mol. The quantitative estimate of drug-likeness (QED) is 0.448. The summed E-state index contributed by atoms with van der Waals surface area (Å²) in [7, 11) is 0. The van der Waals surface area contributed by atoms with E-state index < -0.39 is 0 Å². The van der Waals surface area contributed by atoms with Crippen LogP contribution in [-0.4, -0.2) is 18.4 Å². The predicted octanol–water partition coefficient (Wildman–Crippen LogP) is 4.11. The molecule has 0 bridgehead atoms. The zero-order valence-corrected chi connectivity index (χ0v) is 10.9. The highest BCUT2D eigenvalue weighted by Crippen LogP contribution is 2.24. The lowest BCUT2D eigenvalue weighted by molar-refractivity contribution is 1.11. The van der Waals surface area contributed by atoms with Gasteiger partial charge in [-0.05, 0) is 24.3 Å². The minimum Gasteiger partial charge on any atom is -0.368 e. The second-order valence-electron chi connectivity index (χ2n) is 4.10. The fourth-order valence-electron chi connectivity index (χ4n) is 2.08. The Balaban J connectivity index is 0.000000248. The Bertz CT molecular complexity index is 680. The highest BCUT2D eigenvalue weighted by atomic mass is 19.0. The molecule has 3 radical (unpaired) electrons. The molecule has 0 amide bonds. The van der Waals surface area contributed by atoms with Crippen LogP contribution in [0.3, 0.4) is 0 Å². The maximum atomic E-state index is 3.38. The van der Waals surface area contributed by atoms with Crippen LogP contribution in [0.1, 0.15) is 0 Å². The van der Waals surface area contributed by atoms with Crippen molar-refractivity contribution in [3.05, 3.63) is 73.1 Å². The number of hydrogen-bond acceptors (Lipinski definition) is 0.